The van der Waals surface area contributed by atoms with Gasteiger partial charge in [0.1, 0.15) is 73.2 Å². The van der Waals surface area contributed by atoms with Crippen LogP contribution in [0.3, 0.4) is 0 Å². The maximum atomic E-state index is 13.6. The van der Waals surface area contributed by atoms with Crippen LogP contribution in [0.15, 0.2) is 36.5 Å². The Hall–Kier alpha value is -1.99. The number of aliphatic hydroxyl groups excluding tert-OH is 11. The number of ether oxygens (including phenoxy) is 6. The van der Waals surface area contributed by atoms with E-state index in [4.69, 9.17) is 28.4 Å². The number of unbranched alkanes of at least 4 members (excludes halogenated alkanes) is 54. The van der Waals surface area contributed by atoms with E-state index in [1.165, 1.54) is 315 Å². The minimum absolute atomic E-state index is 0.234. The molecular weight excluding hydrogens is 1390 g/mol. The molecule has 3 saturated heterocycles. The first-order valence-electron chi connectivity index (χ1n) is 46.2. The molecule has 3 aliphatic heterocycles. The second kappa shape index (κ2) is 71.1. The normalized spacial score (nSPS) is 25.3. The second-order valence-electron chi connectivity index (χ2n) is 33.1. The molecule has 0 spiro atoms. The van der Waals surface area contributed by atoms with E-state index in [0.717, 1.165) is 57.8 Å². The average Bonchev–Trinajstić information content (AvgIpc) is 0.784. The maximum absolute atomic E-state index is 13.6. The number of rotatable bonds is 76. The molecule has 648 valence electrons. The second-order valence-corrected chi connectivity index (χ2v) is 33.1. The Labute approximate surface area is 670 Å². The Morgan fingerprint density at radius 3 is 0.936 bits per heavy atom. The van der Waals surface area contributed by atoms with E-state index in [1.807, 2.05) is 0 Å². The van der Waals surface area contributed by atoms with Crippen molar-refractivity contribution in [1.29, 1.82) is 0 Å². The molecule has 1 amide bonds. The van der Waals surface area contributed by atoms with Gasteiger partial charge in [-0.05, 0) is 51.4 Å². The molecule has 0 saturated carbocycles. The van der Waals surface area contributed by atoms with Crippen LogP contribution in [0.2, 0.25) is 0 Å². The van der Waals surface area contributed by atoms with E-state index < -0.39 is 124 Å². The Balaban J connectivity index is 1.30. The zero-order valence-corrected chi connectivity index (χ0v) is 70.0. The molecule has 12 N–H and O–H groups in total. The van der Waals surface area contributed by atoms with Crippen molar-refractivity contribution in [1.82, 2.24) is 5.32 Å². The van der Waals surface area contributed by atoms with Gasteiger partial charge >= 0.3 is 0 Å². The molecule has 0 aromatic carbocycles. The van der Waals surface area contributed by atoms with E-state index in [1.54, 1.807) is 0 Å². The number of amides is 1. The molecule has 17 unspecified atom stereocenters. The third kappa shape index (κ3) is 49.3. The fraction of sp³-hybridized carbons (Fsp3) is 0.923. The van der Waals surface area contributed by atoms with Crippen molar-refractivity contribution < 1.29 is 89.4 Å². The van der Waals surface area contributed by atoms with Crippen molar-refractivity contribution in [3.8, 4) is 0 Å². The number of aliphatic hydroxyl groups is 11. The molecule has 0 aromatic rings. The largest absolute Gasteiger partial charge is 0.394 e. The van der Waals surface area contributed by atoms with Gasteiger partial charge in [0, 0.05) is 6.42 Å². The molecule has 3 rings (SSSR count). The van der Waals surface area contributed by atoms with E-state index in [9.17, 15) is 61.0 Å². The number of hydrogen-bond donors (Lipinski definition) is 12. The SMILES string of the molecule is CCCCCCC/C=C\C/C=C\C/C=C\CCCCCCCCCCCCCCCCCCCCCCCCC(=O)NC(COC1OC(CO)C(OC2OC(CO)C(OC3OC(CO)C(O)C(O)C3O)C(O)C2O)C(O)C1O)C(O)CCCCCCCCCCCCCCCCCCCCCCCCCCCCCC. The number of carbonyl (C=O) groups excluding carboxylic acids is 1. The van der Waals surface area contributed by atoms with Gasteiger partial charge in [-0.15, -0.1) is 0 Å². The Morgan fingerprint density at radius 1 is 0.327 bits per heavy atom. The summed E-state index contributed by atoms with van der Waals surface area (Å²) in [6, 6.07) is -0.888. The molecule has 3 fully saturated rings. The Morgan fingerprint density at radius 2 is 0.600 bits per heavy atom. The summed E-state index contributed by atoms with van der Waals surface area (Å²) < 4.78 is 34.6. The average molecular weight is 1570 g/mol. The highest BCUT2D eigenvalue weighted by atomic mass is 16.8. The molecule has 0 aliphatic carbocycles. The molecule has 0 bridgehead atoms. The van der Waals surface area contributed by atoms with Crippen LogP contribution in [0.5, 0.6) is 0 Å². The molecule has 19 heteroatoms. The third-order valence-corrected chi connectivity index (χ3v) is 23.2. The summed E-state index contributed by atoms with van der Waals surface area (Å²) in [5.74, 6) is -0.234. The summed E-state index contributed by atoms with van der Waals surface area (Å²) in [6.07, 6.45) is 64.0. The summed E-state index contributed by atoms with van der Waals surface area (Å²) in [5.41, 5.74) is 0. The third-order valence-electron chi connectivity index (χ3n) is 23.2. The highest BCUT2D eigenvalue weighted by molar-refractivity contribution is 5.76. The lowest BCUT2D eigenvalue weighted by atomic mass is 9.96. The minimum atomic E-state index is -1.97. The first kappa shape index (κ1) is 102. The zero-order chi connectivity index (χ0) is 79.5. The van der Waals surface area contributed by atoms with E-state index in [2.05, 4.69) is 55.6 Å². The van der Waals surface area contributed by atoms with E-state index in [0.29, 0.717) is 12.8 Å². The molecule has 3 aliphatic rings. The van der Waals surface area contributed by atoms with Gasteiger partial charge in [0.25, 0.3) is 0 Å². The van der Waals surface area contributed by atoms with Gasteiger partial charge in [-0.3, -0.25) is 4.79 Å². The highest BCUT2D eigenvalue weighted by Crippen LogP contribution is 2.34. The number of nitrogens with one attached hydrogen (secondary N) is 1. The molecular formula is C91H171NO18. The predicted molar refractivity (Wildman–Crippen MR) is 443 cm³/mol. The highest BCUT2D eigenvalue weighted by Gasteiger charge is 2.54. The van der Waals surface area contributed by atoms with Crippen molar-refractivity contribution in [3.63, 3.8) is 0 Å². The standard InChI is InChI=1S/C91H171NO18/c1-3-5-7-9-11-13-15-17-19-21-23-25-27-29-31-33-34-35-36-37-38-39-40-41-43-45-47-49-51-53-55-57-59-61-63-65-67-69-79(97)92-74(75(96)68-66-64-62-60-58-56-54-52-50-48-46-44-42-32-30-28-26-24-22-20-18-16-14-12-10-8-6-4-2)73-105-89-85(103)82(100)87(77(71-94)107-89)110-91-86(104)83(101)88(78(72-95)108-91)109-90-84(102)81(99)80(98)76(70-93)106-90/h15,17,21,23,27,29,74-78,80-91,93-96,98-104H,3-14,16,18-20,22,24-26,28,30-73H2,1-2H3,(H,92,97)/b17-15-,23-21-,29-27-. The van der Waals surface area contributed by atoms with Gasteiger partial charge in [-0.2, -0.15) is 0 Å². The fourth-order valence-corrected chi connectivity index (χ4v) is 15.9. The molecule has 0 aromatic heterocycles. The van der Waals surface area contributed by atoms with Gasteiger partial charge in [0.2, 0.25) is 5.91 Å². The van der Waals surface area contributed by atoms with Crippen molar-refractivity contribution in [2.75, 3.05) is 26.4 Å². The van der Waals surface area contributed by atoms with Gasteiger partial charge in [-0.25, -0.2) is 0 Å². The number of allylic oxidation sites excluding steroid dienone is 6. The molecule has 19 nitrogen and oxygen atoms in total. The lowest BCUT2D eigenvalue weighted by Gasteiger charge is -2.48. The van der Waals surface area contributed by atoms with Crippen molar-refractivity contribution in [2.45, 2.75) is 510 Å². The van der Waals surface area contributed by atoms with Crippen molar-refractivity contribution in [3.05, 3.63) is 36.5 Å². The van der Waals surface area contributed by atoms with Crippen LogP contribution < -0.4 is 5.32 Å². The predicted octanol–water partition coefficient (Wildman–Crippen LogP) is 17.8. The van der Waals surface area contributed by atoms with Crippen LogP contribution in [0.1, 0.15) is 406 Å². The summed E-state index contributed by atoms with van der Waals surface area (Å²) in [5, 5.41) is 121. The van der Waals surface area contributed by atoms with Gasteiger partial charge in [-0.1, -0.05) is 384 Å². The van der Waals surface area contributed by atoms with Crippen LogP contribution in [-0.2, 0) is 33.2 Å². The first-order valence-corrected chi connectivity index (χ1v) is 46.2. The van der Waals surface area contributed by atoms with E-state index in [-0.39, 0.29) is 18.9 Å². The maximum Gasteiger partial charge on any atom is 0.220 e. The van der Waals surface area contributed by atoms with E-state index >= 15 is 0 Å². The van der Waals surface area contributed by atoms with Crippen molar-refractivity contribution >= 4 is 5.91 Å². The molecule has 0 radical (unpaired) electrons. The zero-order valence-electron chi connectivity index (χ0n) is 70.0. The quantitative estimate of drug-likeness (QED) is 0.0199. The van der Waals surface area contributed by atoms with Gasteiger partial charge in [0.15, 0.2) is 18.9 Å². The van der Waals surface area contributed by atoms with Crippen LogP contribution in [0.25, 0.3) is 0 Å². The smallest absolute Gasteiger partial charge is 0.220 e. The molecule has 3 heterocycles. The van der Waals surface area contributed by atoms with Gasteiger partial charge in [0.05, 0.1) is 38.6 Å². The lowest BCUT2D eigenvalue weighted by molar-refractivity contribution is -0.379. The Kier molecular flexibility index (Phi) is 66.1. The molecule has 17 atom stereocenters. The molecule has 110 heavy (non-hydrogen) atoms. The number of hydrogen-bond acceptors (Lipinski definition) is 18. The van der Waals surface area contributed by atoms with Crippen molar-refractivity contribution in [2.24, 2.45) is 0 Å². The van der Waals surface area contributed by atoms with Crippen LogP contribution in [-0.4, -0.2) is 193 Å². The van der Waals surface area contributed by atoms with Crippen LogP contribution in [0.4, 0.5) is 0 Å². The topological polar surface area (TPSA) is 307 Å². The summed E-state index contributed by atoms with van der Waals surface area (Å²) >= 11 is 0. The first-order chi connectivity index (χ1) is 53.8. The van der Waals surface area contributed by atoms with Gasteiger partial charge < -0.3 is 89.9 Å². The summed E-state index contributed by atoms with van der Waals surface area (Å²) in [6.45, 7) is 1.86. The fourth-order valence-electron chi connectivity index (χ4n) is 15.9. The summed E-state index contributed by atoms with van der Waals surface area (Å²) in [4.78, 5) is 13.6. The lowest BCUT2D eigenvalue weighted by Crippen LogP contribution is -2.66. The minimum Gasteiger partial charge on any atom is -0.394 e. The van der Waals surface area contributed by atoms with Crippen LogP contribution >= 0.6 is 0 Å². The number of carbonyl (C=O) groups is 1. The summed E-state index contributed by atoms with van der Waals surface area (Å²) in [7, 11) is 0. The van der Waals surface area contributed by atoms with Crippen LogP contribution in [0, 0.1) is 0 Å². The monoisotopic (exact) mass is 1570 g/mol. The Bertz CT molecular complexity index is 2120.